The highest BCUT2D eigenvalue weighted by Crippen LogP contribution is 2.25. The van der Waals surface area contributed by atoms with E-state index in [0.717, 1.165) is 38.3 Å². The average Bonchev–Trinajstić information content (AvgIpc) is 2.93. The summed E-state index contributed by atoms with van der Waals surface area (Å²) in [5.41, 5.74) is 4.57. The molecular formula is C24H31ClN2O2. The monoisotopic (exact) mass is 414 g/mol. The van der Waals surface area contributed by atoms with Crippen LogP contribution in [0.5, 0.6) is 0 Å². The number of carbonyl (C=O) groups is 1. The van der Waals surface area contributed by atoms with Crippen molar-refractivity contribution in [3.8, 4) is 0 Å². The van der Waals surface area contributed by atoms with E-state index in [-0.39, 0.29) is 12.4 Å². The maximum Gasteiger partial charge on any atom is 0.310 e. The summed E-state index contributed by atoms with van der Waals surface area (Å²) < 4.78 is 7.39. The Morgan fingerprint density at radius 1 is 1.14 bits per heavy atom. The summed E-state index contributed by atoms with van der Waals surface area (Å²) in [6, 6.07) is 11.9. The van der Waals surface area contributed by atoms with Crippen molar-refractivity contribution in [3.05, 3.63) is 63.8 Å². The number of benzene rings is 2. The summed E-state index contributed by atoms with van der Waals surface area (Å²) in [5.74, 6) is -0.230. The van der Waals surface area contributed by atoms with Gasteiger partial charge in [0, 0.05) is 10.4 Å². The number of rotatable bonds is 4. The Bertz CT molecular complexity index is 980. The summed E-state index contributed by atoms with van der Waals surface area (Å²) >= 11 is 6.40. The van der Waals surface area contributed by atoms with Gasteiger partial charge in [0.15, 0.2) is 0 Å². The van der Waals surface area contributed by atoms with Crippen molar-refractivity contribution in [3.63, 3.8) is 0 Å². The Kier molecular flexibility index (Phi) is 7.48. The van der Waals surface area contributed by atoms with Crippen LogP contribution in [0.15, 0.2) is 36.4 Å². The third-order valence-electron chi connectivity index (χ3n) is 4.43. The molecular weight excluding hydrogens is 384 g/mol. The summed E-state index contributed by atoms with van der Waals surface area (Å²) in [4.78, 5) is 12.2. The van der Waals surface area contributed by atoms with Crippen LogP contribution in [-0.2, 0) is 22.5 Å². The number of hydrogen-bond acceptors (Lipinski definition) is 3. The molecule has 0 aliphatic carbocycles. The molecule has 0 saturated heterocycles. The minimum atomic E-state index is -0.485. The van der Waals surface area contributed by atoms with Crippen LogP contribution in [-0.4, -0.2) is 21.4 Å². The molecule has 2 aromatic carbocycles. The topological polar surface area (TPSA) is 44.1 Å². The fraction of sp³-hybridized carbons (Fsp3) is 0.417. The molecule has 0 bridgehead atoms. The van der Waals surface area contributed by atoms with Crippen LogP contribution in [0.1, 0.15) is 57.0 Å². The molecule has 3 aromatic rings. The van der Waals surface area contributed by atoms with Crippen molar-refractivity contribution in [1.82, 2.24) is 9.78 Å². The molecule has 1 heterocycles. The molecule has 0 saturated carbocycles. The highest BCUT2D eigenvalue weighted by Gasteiger charge is 2.17. The van der Waals surface area contributed by atoms with Gasteiger partial charge in [-0.05, 0) is 63.4 Å². The first kappa shape index (κ1) is 23.0. The third kappa shape index (κ3) is 5.83. The maximum atomic E-state index is 12.2. The Morgan fingerprint density at radius 3 is 2.45 bits per heavy atom. The second-order valence-corrected chi connectivity index (χ2v) is 8.30. The van der Waals surface area contributed by atoms with Crippen molar-refractivity contribution >= 4 is 28.5 Å². The largest absolute Gasteiger partial charge is 0.460 e. The quantitative estimate of drug-likeness (QED) is 0.473. The minimum absolute atomic E-state index is 0.230. The van der Waals surface area contributed by atoms with Crippen LogP contribution in [0.3, 0.4) is 0 Å². The predicted octanol–water partition coefficient (Wildman–Crippen LogP) is 6.27. The first-order valence-electron chi connectivity index (χ1n) is 10.1. The first-order chi connectivity index (χ1) is 13.6. The zero-order valence-electron chi connectivity index (χ0n) is 18.5. The summed E-state index contributed by atoms with van der Waals surface area (Å²) in [6.45, 7) is 14.3. The van der Waals surface area contributed by atoms with Crippen LogP contribution in [0, 0.1) is 13.8 Å². The molecule has 1 aromatic heterocycles. The molecule has 0 radical (unpaired) electrons. The van der Waals surface area contributed by atoms with Crippen LogP contribution in [0.2, 0.25) is 5.02 Å². The fourth-order valence-corrected chi connectivity index (χ4v) is 3.46. The van der Waals surface area contributed by atoms with E-state index >= 15 is 0 Å². The number of fused-ring (bicyclic) bond motifs is 1. The van der Waals surface area contributed by atoms with Gasteiger partial charge in [-0.2, -0.15) is 5.10 Å². The van der Waals surface area contributed by atoms with Gasteiger partial charge < -0.3 is 4.74 Å². The number of aromatic nitrogens is 2. The molecule has 5 heteroatoms. The van der Waals surface area contributed by atoms with E-state index in [9.17, 15) is 4.79 Å². The zero-order chi connectivity index (χ0) is 21.8. The Morgan fingerprint density at radius 2 is 1.83 bits per heavy atom. The number of halogens is 1. The number of nitrogens with zero attached hydrogens (tertiary/aromatic N) is 2. The molecule has 0 aliphatic heterocycles. The van der Waals surface area contributed by atoms with E-state index in [4.69, 9.17) is 16.3 Å². The molecule has 0 spiro atoms. The van der Waals surface area contributed by atoms with Gasteiger partial charge in [-0.3, -0.25) is 9.48 Å². The lowest BCUT2D eigenvalue weighted by Crippen LogP contribution is -2.24. The van der Waals surface area contributed by atoms with Crippen LogP contribution in [0.4, 0.5) is 0 Å². The van der Waals surface area contributed by atoms with Crippen molar-refractivity contribution in [2.45, 2.75) is 67.0 Å². The van der Waals surface area contributed by atoms with E-state index < -0.39 is 5.60 Å². The second kappa shape index (κ2) is 9.45. The summed E-state index contributed by atoms with van der Waals surface area (Å²) in [6.07, 6.45) is 0.239. The average molecular weight is 415 g/mol. The molecule has 156 valence electrons. The van der Waals surface area contributed by atoms with E-state index in [2.05, 4.69) is 5.10 Å². The molecule has 0 fully saturated rings. The number of ether oxygens (including phenoxy) is 1. The fourth-order valence-electron chi connectivity index (χ4n) is 3.18. The second-order valence-electron chi connectivity index (χ2n) is 7.89. The predicted molar refractivity (Wildman–Crippen MR) is 121 cm³/mol. The molecule has 3 rings (SSSR count). The molecule has 4 nitrogen and oxygen atoms in total. The summed E-state index contributed by atoms with van der Waals surface area (Å²) in [7, 11) is 0. The summed E-state index contributed by atoms with van der Waals surface area (Å²) in [5, 5.41) is 6.50. The first-order valence-corrected chi connectivity index (χ1v) is 10.4. The van der Waals surface area contributed by atoms with E-state index in [1.807, 2.05) is 89.5 Å². The SMILES string of the molecule is CC.Cc1cccc(Cl)c1Cn1nc(C)c2ccc(CC(=O)OC(C)(C)C)cc21. The lowest BCUT2D eigenvalue weighted by atomic mass is 10.1. The van der Waals surface area contributed by atoms with Crippen molar-refractivity contribution in [1.29, 1.82) is 0 Å². The smallest absolute Gasteiger partial charge is 0.310 e. The van der Waals surface area contributed by atoms with Gasteiger partial charge in [0.25, 0.3) is 0 Å². The van der Waals surface area contributed by atoms with Gasteiger partial charge in [-0.1, -0.05) is 49.7 Å². The van der Waals surface area contributed by atoms with Gasteiger partial charge in [0.1, 0.15) is 5.60 Å². The maximum absolute atomic E-state index is 12.2. The standard InChI is InChI=1S/C22H25ClN2O2.C2H6/c1-14-7-6-8-19(23)18(14)13-25-20-11-16(9-10-17(20)15(2)24-25)12-21(26)27-22(3,4)5;1-2/h6-11H,12-13H2,1-5H3;1-2H3. The molecule has 0 atom stereocenters. The van der Waals surface area contributed by atoms with E-state index in [0.29, 0.717) is 6.54 Å². The van der Waals surface area contributed by atoms with E-state index in [1.54, 1.807) is 0 Å². The minimum Gasteiger partial charge on any atom is -0.460 e. The van der Waals surface area contributed by atoms with Crippen LogP contribution >= 0.6 is 11.6 Å². The lowest BCUT2D eigenvalue weighted by Gasteiger charge is -2.19. The highest BCUT2D eigenvalue weighted by molar-refractivity contribution is 6.31. The van der Waals surface area contributed by atoms with Crippen molar-refractivity contribution in [2.24, 2.45) is 0 Å². The number of carbonyl (C=O) groups excluding carboxylic acids is 1. The van der Waals surface area contributed by atoms with Gasteiger partial charge in [0.2, 0.25) is 0 Å². The Labute approximate surface area is 178 Å². The van der Waals surface area contributed by atoms with Crippen LogP contribution < -0.4 is 0 Å². The van der Waals surface area contributed by atoms with Gasteiger partial charge >= 0.3 is 5.97 Å². The molecule has 0 amide bonds. The third-order valence-corrected chi connectivity index (χ3v) is 4.78. The van der Waals surface area contributed by atoms with Gasteiger partial charge in [-0.15, -0.1) is 0 Å². The molecule has 29 heavy (non-hydrogen) atoms. The number of aryl methyl sites for hydroxylation is 2. The number of hydrogen-bond donors (Lipinski definition) is 0. The van der Waals surface area contributed by atoms with E-state index in [1.165, 1.54) is 0 Å². The molecule has 0 aliphatic rings. The van der Waals surface area contributed by atoms with Crippen molar-refractivity contribution < 1.29 is 9.53 Å². The van der Waals surface area contributed by atoms with Crippen LogP contribution in [0.25, 0.3) is 10.9 Å². The Balaban J connectivity index is 0.00000145. The lowest BCUT2D eigenvalue weighted by molar-refractivity contribution is -0.153. The molecule has 0 N–H and O–H groups in total. The van der Waals surface area contributed by atoms with Gasteiger partial charge in [-0.25, -0.2) is 0 Å². The highest BCUT2D eigenvalue weighted by atomic mass is 35.5. The van der Waals surface area contributed by atoms with Crippen molar-refractivity contribution in [2.75, 3.05) is 0 Å². The molecule has 0 unspecified atom stereocenters. The van der Waals surface area contributed by atoms with Gasteiger partial charge in [0.05, 0.1) is 24.2 Å². The Hall–Kier alpha value is -2.33. The normalized spacial score (nSPS) is 11.2. The zero-order valence-corrected chi connectivity index (χ0v) is 19.2. The number of esters is 1.